The summed E-state index contributed by atoms with van der Waals surface area (Å²) in [6.07, 6.45) is 0. The van der Waals surface area contributed by atoms with Gasteiger partial charge in [-0.15, -0.1) is 0 Å². The number of para-hydroxylation sites is 2. The van der Waals surface area contributed by atoms with Gasteiger partial charge in [-0.2, -0.15) is 4.40 Å². The summed E-state index contributed by atoms with van der Waals surface area (Å²) in [4.78, 5) is 5.13. The van der Waals surface area contributed by atoms with Gasteiger partial charge in [-0.3, -0.25) is 4.98 Å². The Balaban J connectivity index is 1.97. The first kappa shape index (κ1) is 19.0. The van der Waals surface area contributed by atoms with Gasteiger partial charge in [-0.25, -0.2) is 4.57 Å². The smallest absolute Gasteiger partial charge is 0.252 e. The molecular formula is C29H26N3+. The van der Waals surface area contributed by atoms with E-state index in [-0.39, 0.29) is 0 Å². The van der Waals surface area contributed by atoms with Gasteiger partial charge in [-0.1, -0.05) is 53.6 Å². The highest BCUT2D eigenvalue weighted by Crippen LogP contribution is 2.38. The third-order valence-corrected chi connectivity index (χ3v) is 6.63. The van der Waals surface area contributed by atoms with E-state index >= 15 is 0 Å². The fourth-order valence-electron chi connectivity index (χ4n) is 5.48. The summed E-state index contributed by atoms with van der Waals surface area (Å²) in [5.41, 5.74) is 13.2. The highest BCUT2D eigenvalue weighted by molar-refractivity contribution is 6.17. The second-order valence-corrected chi connectivity index (χ2v) is 9.09. The quantitative estimate of drug-likeness (QED) is 0.221. The Morgan fingerprint density at radius 1 is 0.750 bits per heavy atom. The van der Waals surface area contributed by atoms with Crippen LogP contribution in [0.3, 0.4) is 0 Å². The minimum absolute atomic E-state index is 1.05. The lowest BCUT2D eigenvalue weighted by Crippen LogP contribution is -2.27. The van der Waals surface area contributed by atoms with Crippen molar-refractivity contribution in [1.29, 1.82) is 0 Å². The van der Waals surface area contributed by atoms with Gasteiger partial charge in [0.05, 0.1) is 23.3 Å². The topological polar surface area (TPSA) is 21.2 Å². The molecule has 0 amide bonds. The maximum Gasteiger partial charge on any atom is 0.297 e. The predicted octanol–water partition coefficient (Wildman–Crippen LogP) is 6.52. The Hall–Kier alpha value is -3.72. The molecule has 0 fully saturated rings. The largest absolute Gasteiger partial charge is 0.297 e. The fraction of sp³-hybridized carbons (Fsp3) is 0.172. The number of aromatic nitrogens is 3. The number of benzene rings is 3. The molecule has 0 saturated heterocycles. The van der Waals surface area contributed by atoms with Gasteiger partial charge in [0, 0.05) is 5.69 Å². The van der Waals surface area contributed by atoms with E-state index in [9.17, 15) is 0 Å². The van der Waals surface area contributed by atoms with E-state index in [1.165, 1.54) is 60.8 Å². The molecule has 3 nitrogen and oxygen atoms in total. The summed E-state index contributed by atoms with van der Waals surface area (Å²) in [6, 6.07) is 24.3. The minimum Gasteiger partial charge on any atom is -0.252 e. The Morgan fingerprint density at radius 3 is 2.25 bits per heavy atom. The lowest BCUT2D eigenvalue weighted by Gasteiger charge is -2.13. The van der Waals surface area contributed by atoms with Crippen LogP contribution in [-0.4, -0.2) is 9.38 Å². The monoisotopic (exact) mass is 416 g/mol. The molecule has 156 valence electrons. The van der Waals surface area contributed by atoms with Crippen LogP contribution in [0, 0.1) is 27.7 Å². The SMILES string of the molecule is Cc1cc(C)cc(-c2cccc3c2c2nc(C)cc(C)c2c2n3c3ccccc3[n+]2C)c1. The molecule has 0 unspecified atom stereocenters. The van der Waals surface area contributed by atoms with Crippen LogP contribution < -0.4 is 4.57 Å². The van der Waals surface area contributed by atoms with Crippen LogP contribution in [-0.2, 0) is 7.05 Å². The second-order valence-electron chi connectivity index (χ2n) is 9.09. The fourth-order valence-corrected chi connectivity index (χ4v) is 5.48. The number of fused-ring (bicyclic) bond motifs is 8. The van der Waals surface area contributed by atoms with E-state index in [4.69, 9.17) is 4.98 Å². The molecule has 3 heterocycles. The van der Waals surface area contributed by atoms with Crippen LogP contribution in [0.5, 0.6) is 0 Å². The number of imidazole rings is 1. The van der Waals surface area contributed by atoms with E-state index in [1.807, 2.05) is 0 Å². The normalized spacial score (nSPS) is 11.9. The van der Waals surface area contributed by atoms with Crippen LogP contribution in [0.2, 0.25) is 0 Å². The molecule has 0 N–H and O–H groups in total. The molecule has 0 aliphatic heterocycles. The van der Waals surface area contributed by atoms with Crippen molar-refractivity contribution >= 4 is 38.5 Å². The first-order valence-corrected chi connectivity index (χ1v) is 11.1. The average molecular weight is 417 g/mol. The van der Waals surface area contributed by atoms with Gasteiger partial charge in [0.1, 0.15) is 5.52 Å². The Bertz CT molecular complexity index is 1700. The highest BCUT2D eigenvalue weighted by Gasteiger charge is 2.26. The summed E-state index contributed by atoms with van der Waals surface area (Å²) in [5.74, 6) is 0. The number of aryl methyl sites for hydroxylation is 5. The van der Waals surface area contributed by atoms with Gasteiger partial charge < -0.3 is 0 Å². The summed E-state index contributed by atoms with van der Waals surface area (Å²) in [7, 11) is 2.16. The van der Waals surface area contributed by atoms with Crippen molar-refractivity contribution in [2.45, 2.75) is 27.7 Å². The number of hydrogen-bond acceptors (Lipinski definition) is 1. The molecule has 0 radical (unpaired) electrons. The third-order valence-electron chi connectivity index (χ3n) is 6.63. The van der Waals surface area contributed by atoms with Gasteiger partial charge in [0.2, 0.25) is 0 Å². The van der Waals surface area contributed by atoms with E-state index in [2.05, 4.69) is 110 Å². The zero-order valence-corrected chi connectivity index (χ0v) is 19.2. The second kappa shape index (κ2) is 6.64. The molecule has 3 heteroatoms. The molecule has 0 spiro atoms. The molecule has 32 heavy (non-hydrogen) atoms. The predicted molar refractivity (Wildman–Crippen MR) is 133 cm³/mol. The molecule has 3 aromatic heterocycles. The number of pyridine rings is 2. The van der Waals surface area contributed by atoms with Crippen molar-refractivity contribution in [3.05, 3.63) is 89.1 Å². The maximum absolute atomic E-state index is 5.13. The average Bonchev–Trinajstić information content (AvgIpc) is 3.05. The van der Waals surface area contributed by atoms with Crippen LogP contribution in [0.1, 0.15) is 22.4 Å². The standard InChI is InChI=1S/C29H26N3/c1-17-13-18(2)15-21(14-17)22-9-8-12-25-27(22)28-26(19(3)16-20(4)30-28)29-31(5)23-10-6-7-11-24(23)32(25)29/h6-16H,1-5H3/q+1. The van der Waals surface area contributed by atoms with E-state index < -0.39 is 0 Å². The van der Waals surface area contributed by atoms with Crippen molar-refractivity contribution in [1.82, 2.24) is 9.38 Å². The first-order valence-electron chi connectivity index (χ1n) is 11.1. The Labute approximate surface area is 187 Å². The number of rotatable bonds is 1. The van der Waals surface area contributed by atoms with Crippen LogP contribution in [0.25, 0.3) is 49.6 Å². The summed E-state index contributed by atoms with van der Waals surface area (Å²) in [6.45, 7) is 8.64. The summed E-state index contributed by atoms with van der Waals surface area (Å²) < 4.78 is 4.73. The van der Waals surface area contributed by atoms with Crippen molar-refractivity contribution in [3.8, 4) is 11.1 Å². The van der Waals surface area contributed by atoms with Crippen molar-refractivity contribution < 1.29 is 4.57 Å². The van der Waals surface area contributed by atoms with E-state index in [0.717, 1.165) is 11.2 Å². The van der Waals surface area contributed by atoms with Crippen molar-refractivity contribution in [2.24, 2.45) is 7.05 Å². The lowest BCUT2D eigenvalue weighted by molar-refractivity contribution is -0.617. The highest BCUT2D eigenvalue weighted by atomic mass is 15.1. The molecule has 0 aliphatic rings. The van der Waals surface area contributed by atoms with Crippen molar-refractivity contribution in [3.63, 3.8) is 0 Å². The zero-order chi connectivity index (χ0) is 22.1. The molecule has 0 saturated carbocycles. The minimum atomic E-state index is 1.05. The van der Waals surface area contributed by atoms with E-state index in [1.54, 1.807) is 0 Å². The van der Waals surface area contributed by atoms with E-state index in [0.29, 0.717) is 0 Å². The van der Waals surface area contributed by atoms with Crippen molar-refractivity contribution in [2.75, 3.05) is 0 Å². The Kier molecular flexibility index (Phi) is 3.94. The number of hydrogen-bond donors (Lipinski definition) is 0. The maximum atomic E-state index is 5.13. The molecule has 0 atom stereocenters. The molecule has 0 bridgehead atoms. The molecule has 3 aromatic carbocycles. The van der Waals surface area contributed by atoms with Crippen LogP contribution in [0.4, 0.5) is 0 Å². The molecule has 6 aromatic rings. The molecule has 0 aliphatic carbocycles. The lowest BCUT2D eigenvalue weighted by atomic mass is 9.95. The third kappa shape index (κ3) is 2.54. The van der Waals surface area contributed by atoms with Gasteiger partial charge in [0.25, 0.3) is 5.65 Å². The van der Waals surface area contributed by atoms with Gasteiger partial charge in [-0.05, 0) is 68.7 Å². The molecular weight excluding hydrogens is 390 g/mol. The molecule has 6 rings (SSSR count). The Morgan fingerprint density at radius 2 is 1.47 bits per heavy atom. The van der Waals surface area contributed by atoms with Crippen LogP contribution >= 0.6 is 0 Å². The summed E-state index contributed by atoms with van der Waals surface area (Å²) >= 11 is 0. The first-order chi connectivity index (χ1) is 15.4. The van der Waals surface area contributed by atoms with Crippen LogP contribution in [0.15, 0.2) is 66.7 Å². The van der Waals surface area contributed by atoms with Gasteiger partial charge >= 0.3 is 0 Å². The van der Waals surface area contributed by atoms with Gasteiger partial charge in [0.15, 0.2) is 11.0 Å². The summed E-state index contributed by atoms with van der Waals surface area (Å²) in [5, 5.41) is 2.44. The zero-order valence-electron chi connectivity index (χ0n) is 19.2. The number of nitrogens with zero attached hydrogens (tertiary/aromatic N) is 3.